The Balaban J connectivity index is 1.77. The third kappa shape index (κ3) is 1.11. The standard InChI is InChI=1S/C11H17NO2/c13-10(12-5-1-2-6-12)11-4-3-9(7-11)8-14-11/h9H,1-8H2. The van der Waals surface area contributed by atoms with Crippen molar-refractivity contribution >= 4 is 5.91 Å². The first kappa shape index (κ1) is 8.72. The van der Waals surface area contributed by atoms with E-state index in [9.17, 15) is 4.79 Å². The Labute approximate surface area is 84.4 Å². The lowest BCUT2D eigenvalue weighted by Crippen LogP contribution is -2.46. The molecule has 0 N–H and O–H groups in total. The van der Waals surface area contributed by atoms with E-state index in [1.54, 1.807) is 0 Å². The predicted octanol–water partition coefficient (Wildman–Crippen LogP) is 1.18. The minimum absolute atomic E-state index is 0.287. The zero-order chi connectivity index (χ0) is 9.60. The lowest BCUT2D eigenvalue weighted by atomic mass is 10.0. The number of nitrogens with zero attached hydrogens (tertiary/aromatic N) is 1. The first-order valence-corrected chi connectivity index (χ1v) is 5.73. The minimum atomic E-state index is -0.380. The summed E-state index contributed by atoms with van der Waals surface area (Å²) in [5, 5.41) is 0. The van der Waals surface area contributed by atoms with E-state index in [0.29, 0.717) is 5.92 Å². The van der Waals surface area contributed by atoms with Crippen molar-refractivity contribution < 1.29 is 9.53 Å². The second kappa shape index (κ2) is 2.96. The summed E-state index contributed by atoms with van der Waals surface area (Å²) in [6.45, 7) is 2.72. The van der Waals surface area contributed by atoms with Gasteiger partial charge >= 0.3 is 0 Å². The SMILES string of the molecule is O=C(N1CCCC1)C12CCC(CO1)C2. The Morgan fingerprint density at radius 2 is 2.14 bits per heavy atom. The van der Waals surface area contributed by atoms with E-state index >= 15 is 0 Å². The molecule has 1 aliphatic carbocycles. The summed E-state index contributed by atoms with van der Waals surface area (Å²) in [5.74, 6) is 0.955. The molecule has 0 spiro atoms. The van der Waals surface area contributed by atoms with Crippen LogP contribution in [0, 0.1) is 5.92 Å². The maximum atomic E-state index is 12.2. The number of carbonyl (C=O) groups excluding carboxylic acids is 1. The smallest absolute Gasteiger partial charge is 0.254 e. The summed E-state index contributed by atoms with van der Waals surface area (Å²) >= 11 is 0. The number of fused-ring (bicyclic) bond motifs is 2. The van der Waals surface area contributed by atoms with Gasteiger partial charge in [0.15, 0.2) is 0 Å². The van der Waals surface area contributed by atoms with Gasteiger partial charge in [-0.3, -0.25) is 4.79 Å². The molecule has 0 aromatic rings. The minimum Gasteiger partial charge on any atom is -0.365 e. The Bertz CT molecular complexity index is 250. The first-order chi connectivity index (χ1) is 6.80. The Hall–Kier alpha value is -0.570. The van der Waals surface area contributed by atoms with Gasteiger partial charge < -0.3 is 9.64 Å². The van der Waals surface area contributed by atoms with Crippen LogP contribution in [0.5, 0.6) is 0 Å². The summed E-state index contributed by atoms with van der Waals surface area (Å²) in [6, 6.07) is 0. The monoisotopic (exact) mass is 195 g/mol. The average molecular weight is 195 g/mol. The number of rotatable bonds is 1. The van der Waals surface area contributed by atoms with Gasteiger partial charge in [0.1, 0.15) is 5.60 Å². The van der Waals surface area contributed by atoms with E-state index in [1.165, 1.54) is 19.3 Å². The zero-order valence-corrected chi connectivity index (χ0v) is 8.50. The highest BCUT2D eigenvalue weighted by Crippen LogP contribution is 2.45. The number of amides is 1. The van der Waals surface area contributed by atoms with Gasteiger partial charge in [-0.1, -0.05) is 0 Å². The van der Waals surface area contributed by atoms with Crippen molar-refractivity contribution in [3.8, 4) is 0 Å². The van der Waals surface area contributed by atoms with Gasteiger partial charge in [-0.05, 0) is 38.0 Å². The van der Waals surface area contributed by atoms with Gasteiger partial charge in [-0.2, -0.15) is 0 Å². The van der Waals surface area contributed by atoms with E-state index in [1.807, 2.05) is 4.90 Å². The van der Waals surface area contributed by atoms with Gasteiger partial charge in [-0.25, -0.2) is 0 Å². The van der Waals surface area contributed by atoms with Gasteiger partial charge in [0, 0.05) is 13.1 Å². The Morgan fingerprint density at radius 3 is 2.64 bits per heavy atom. The van der Waals surface area contributed by atoms with Crippen LogP contribution >= 0.6 is 0 Å². The van der Waals surface area contributed by atoms with Crippen molar-refractivity contribution in [2.75, 3.05) is 19.7 Å². The third-order valence-corrected chi connectivity index (χ3v) is 3.95. The van der Waals surface area contributed by atoms with Gasteiger partial charge in [0.05, 0.1) is 6.61 Å². The molecule has 3 fully saturated rings. The second-order valence-electron chi connectivity index (χ2n) is 4.91. The fourth-order valence-electron chi connectivity index (χ4n) is 3.12. The van der Waals surface area contributed by atoms with Crippen molar-refractivity contribution in [3.05, 3.63) is 0 Å². The molecule has 1 amide bonds. The quantitative estimate of drug-likeness (QED) is 0.628. The maximum Gasteiger partial charge on any atom is 0.254 e. The lowest BCUT2D eigenvalue weighted by Gasteiger charge is -2.30. The molecular formula is C11H17NO2. The molecule has 2 bridgehead atoms. The molecule has 3 rings (SSSR count). The van der Waals surface area contributed by atoms with Gasteiger partial charge in [0.2, 0.25) is 0 Å². The normalized spacial score (nSPS) is 40.9. The summed E-state index contributed by atoms with van der Waals surface area (Å²) in [7, 11) is 0. The number of hydrogen-bond donors (Lipinski definition) is 0. The molecule has 3 aliphatic rings. The van der Waals surface area contributed by atoms with Gasteiger partial charge in [0.25, 0.3) is 5.91 Å². The molecule has 0 radical (unpaired) electrons. The van der Waals surface area contributed by atoms with Crippen LogP contribution < -0.4 is 0 Å². The average Bonchev–Trinajstić information content (AvgIpc) is 2.94. The van der Waals surface area contributed by atoms with Crippen molar-refractivity contribution in [2.45, 2.75) is 37.7 Å². The fraction of sp³-hybridized carbons (Fsp3) is 0.909. The molecule has 0 aromatic heterocycles. The molecule has 2 unspecified atom stereocenters. The van der Waals surface area contributed by atoms with Gasteiger partial charge in [-0.15, -0.1) is 0 Å². The van der Waals surface area contributed by atoms with Crippen molar-refractivity contribution in [3.63, 3.8) is 0 Å². The lowest BCUT2D eigenvalue weighted by molar-refractivity contribution is -0.153. The number of hydrogen-bond acceptors (Lipinski definition) is 2. The number of carbonyl (C=O) groups is 1. The molecule has 3 nitrogen and oxygen atoms in total. The highest BCUT2D eigenvalue weighted by Gasteiger charge is 2.53. The summed E-state index contributed by atoms with van der Waals surface area (Å²) in [6.07, 6.45) is 5.49. The van der Waals surface area contributed by atoms with Crippen LogP contribution in [0.1, 0.15) is 32.1 Å². The van der Waals surface area contributed by atoms with Crippen LogP contribution in [0.4, 0.5) is 0 Å². The Morgan fingerprint density at radius 1 is 1.36 bits per heavy atom. The van der Waals surface area contributed by atoms with Crippen LogP contribution in [0.2, 0.25) is 0 Å². The van der Waals surface area contributed by atoms with E-state index in [0.717, 1.165) is 32.5 Å². The van der Waals surface area contributed by atoms with E-state index in [2.05, 4.69) is 0 Å². The highest BCUT2D eigenvalue weighted by atomic mass is 16.5. The summed E-state index contributed by atoms with van der Waals surface area (Å²) in [4.78, 5) is 14.2. The first-order valence-electron chi connectivity index (χ1n) is 5.73. The van der Waals surface area contributed by atoms with Crippen molar-refractivity contribution in [2.24, 2.45) is 5.92 Å². The topological polar surface area (TPSA) is 29.5 Å². The molecule has 2 atom stereocenters. The van der Waals surface area contributed by atoms with Crippen LogP contribution in [-0.4, -0.2) is 36.1 Å². The molecular weight excluding hydrogens is 178 g/mol. The van der Waals surface area contributed by atoms with Crippen molar-refractivity contribution in [1.82, 2.24) is 4.90 Å². The molecule has 78 valence electrons. The molecule has 2 heterocycles. The zero-order valence-electron chi connectivity index (χ0n) is 8.50. The van der Waals surface area contributed by atoms with Crippen molar-refractivity contribution in [1.29, 1.82) is 0 Å². The second-order valence-corrected chi connectivity index (χ2v) is 4.91. The maximum absolute atomic E-state index is 12.2. The Kier molecular flexibility index (Phi) is 1.84. The summed E-state index contributed by atoms with van der Waals surface area (Å²) < 4.78 is 5.72. The van der Waals surface area contributed by atoms with Crippen LogP contribution in [0.25, 0.3) is 0 Å². The third-order valence-electron chi connectivity index (χ3n) is 3.95. The van der Waals surface area contributed by atoms with E-state index in [-0.39, 0.29) is 11.5 Å². The fourth-order valence-corrected chi connectivity index (χ4v) is 3.12. The molecule has 14 heavy (non-hydrogen) atoms. The predicted molar refractivity (Wildman–Crippen MR) is 51.8 cm³/mol. The summed E-state index contributed by atoms with van der Waals surface area (Å²) in [5.41, 5.74) is -0.380. The van der Waals surface area contributed by atoms with Crippen LogP contribution in [0.3, 0.4) is 0 Å². The number of likely N-dealkylation sites (tertiary alicyclic amines) is 1. The molecule has 3 heteroatoms. The molecule has 1 saturated carbocycles. The highest BCUT2D eigenvalue weighted by molar-refractivity contribution is 5.86. The molecule has 2 saturated heterocycles. The van der Waals surface area contributed by atoms with E-state index in [4.69, 9.17) is 4.74 Å². The van der Waals surface area contributed by atoms with Crippen LogP contribution in [0.15, 0.2) is 0 Å². The van der Waals surface area contributed by atoms with E-state index < -0.39 is 0 Å². The van der Waals surface area contributed by atoms with Crippen LogP contribution in [-0.2, 0) is 9.53 Å². The molecule has 0 aromatic carbocycles. The largest absolute Gasteiger partial charge is 0.365 e. The number of ether oxygens (including phenoxy) is 1. The molecule has 2 aliphatic heterocycles.